The SMILES string of the molecule is CCc1cccc(C)c1NC(=O)CCC(C)O. The van der Waals surface area contributed by atoms with Crippen LogP contribution >= 0.6 is 0 Å². The van der Waals surface area contributed by atoms with Crippen molar-refractivity contribution in [2.45, 2.75) is 46.1 Å². The molecule has 0 radical (unpaired) electrons. The first kappa shape index (κ1) is 13.7. The van der Waals surface area contributed by atoms with Crippen LogP contribution in [0.1, 0.15) is 37.8 Å². The largest absolute Gasteiger partial charge is 0.393 e. The van der Waals surface area contributed by atoms with Gasteiger partial charge < -0.3 is 10.4 Å². The maximum Gasteiger partial charge on any atom is 0.224 e. The highest BCUT2D eigenvalue weighted by atomic mass is 16.3. The number of anilines is 1. The van der Waals surface area contributed by atoms with Crippen LogP contribution in [0.25, 0.3) is 0 Å². The average Bonchev–Trinajstić information content (AvgIpc) is 2.29. The number of rotatable bonds is 5. The molecule has 0 saturated heterocycles. The number of aliphatic hydroxyl groups excluding tert-OH is 1. The Bertz CT molecular complexity index is 386. The Balaban J connectivity index is 2.70. The summed E-state index contributed by atoms with van der Waals surface area (Å²) in [6.45, 7) is 5.75. The topological polar surface area (TPSA) is 49.3 Å². The Morgan fingerprint density at radius 1 is 1.47 bits per heavy atom. The van der Waals surface area contributed by atoms with Gasteiger partial charge in [0.1, 0.15) is 0 Å². The van der Waals surface area contributed by atoms with Crippen molar-refractivity contribution in [3.63, 3.8) is 0 Å². The van der Waals surface area contributed by atoms with Gasteiger partial charge in [0.15, 0.2) is 0 Å². The predicted octanol–water partition coefficient (Wildman–Crippen LogP) is 2.66. The molecule has 1 unspecified atom stereocenters. The minimum atomic E-state index is -0.428. The van der Waals surface area contributed by atoms with Crippen LogP contribution in [0.4, 0.5) is 5.69 Å². The van der Waals surface area contributed by atoms with Crippen molar-refractivity contribution >= 4 is 11.6 Å². The van der Waals surface area contributed by atoms with Crippen molar-refractivity contribution in [3.8, 4) is 0 Å². The second-order valence-corrected chi connectivity index (χ2v) is 4.40. The van der Waals surface area contributed by atoms with Gasteiger partial charge in [-0.15, -0.1) is 0 Å². The van der Waals surface area contributed by atoms with Crippen LogP contribution in [0.5, 0.6) is 0 Å². The van der Waals surface area contributed by atoms with Gasteiger partial charge in [-0.2, -0.15) is 0 Å². The summed E-state index contributed by atoms with van der Waals surface area (Å²) in [5, 5.41) is 12.1. The molecule has 94 valence electrons. The van der Waals surface area contributed by atoms with Gasteiger partial charge in [0.2, 0.25) is 5.91 Å². The fourth-order valence-electron chi connectivity index (χ4n) is 1.74. The smallest absolute Gasteiger partial charge is 0.224 e. The predicted molar refractivity (Wildman–Crippen MR) is 70.1 cm³/mol. The van der Waals surface area contributed by atoms with E-state index >= 15 is 0 Å². The number of aliphatic hydroxyl groups is 1. The van der Waals surface area contributed by atoms with Crippen molar-refractivity contribution in [1.82, 2.24) is 0 Å². The third kappa shape index (κ3) is 4.19. The molecule has 1 rings (SSSR count). The van der Waals surface area contributed by atoms with Gasteiger partial charge in [-0.3, -0.25) is 4.79 Å². The van der Waals surface area contributed by atoms with E-state index in [2.05, 4.69) is 12.2 Å². The van der Waals surface area contributed by atoms with Crippen molar-refractivity contribution < 1.29 is 9.90 Å². The van der Waals surface area contributed by atoms with E-state index in [4.69, 9.17) is 5.11 Å². The minimum Gasteiger partial charge on any atom is -0.393 e. The number of carbonyl (C=O) groups is 1. The molecule has 0 aromatic heterocycles. The number of benzene rings is 1. The summed E-state index contributed by atoms with van der Waals surface area (Å²) in [6.07, 6.45) is 1.32. The zero-order valence-electron chi connectivity index (χ0n) is 10.8. The number of hydrogen-bond acceptors (Lipinski definition) is 2. The van der Waals surface area contributed by atoms with Crippen LogP contribution in [0.2, 0.25) is 0 Å². The molecule has 0 spiro atoms. The quantitative estimate of drug-likeness (QED) is 0.824. The summed E-state index contributed by atoms with van der Waals surface area (Å²) in [5.41, 5.74) is 3.15. The lowest BCUT2D eigenvalue weighted by atomic mass is 10.1. The number of carbonyl (C=O) groups excluding carboxylic acids is 1. The summed E-state index contributed by atoms with van der Waals surface area (Å²) in [7, 11) is 0. The van der Waals surface area contributed by atoms with Crippen LogP contribution in [0.3, 0.4) is 0 Å². The molecular weight excluding hydrogens is 214 g/mol. The van der Waals surface area contributed by atoms with Crippen molar-refractivity contribution in [1.29, 1.82) is 0 Å². The molecule has 17 heavy (non-hydrogen) atoms. The van der Waals surface area contributed by atoms with E-state index in [1.54, 1.807) is 6.92 Å². The van der Waals surface area contributed by atoms with E-state index < -0.39 is 6.10 Å². The molecule has 1 atom stereocenters. The van der Waals surface area contributed by atoms with E-state index in [-0.39, 0.29) is 5.91 Å². The molecule has 1 amide bonds. The third-order valence-electron chi connectivity index (χ3n) is 2.79. The summed E-state index contributed by atoms with van der Waals surface area (Å²) in [4.78, 5) is 11.7. The summed E-state index contributed by atoms with van der Waals surface area (Å²) in [5.74, 6) is -0.0325. The van der Waals surface area contributed by atoms with Crippen LogP contribution in [0, 0.1) is 6.92 Å². The lowest BCUT2D eigenvalue weighted by Crippen LogP contribution is -2.15. The van der Waals surface area contributed by atoms with Gasteiger partial charge in [-0.25, -0.2) is 0 Å². The van der Waals surface area contributed by atoms with Crippen molar-refractivity contribution in [3.05, 3.63) is 29.3 Å². The Morgan fingerprint density at radius 2 is 2.18 bits per heavy atom. The standard InChI is InChI=1S/C14H21NO2/c1-4-12-7-5-6-10(2)14(12)15-13(17)9-8-11(3)16/h5-7,11,16H,4,8-9H2,1-3H3,(H,15,17). The molecule has 0 saturated carbocycles. The van der Waals surface area contributed by atoms with Crippen LogP contribution < -0.4 is 5.32 Å². The molecule has 2 N–H and O–H groups in total. The first-order chi connectivity index (χ1) is 8.04. The van der Waals surface area contributed by atoms with Gasteiger partial charge in [-0.1, -0.05) is 25.1 Å². The highest BCUT2D eigenvalue weighted by Gasteiger charge is 2.09. The fourth-order valence-corrected chi connectivity index (χ4v) is 1.74. The zero-order chi connectivity index (χ0) is 12.8. The average molecular weight is 235 g/mol. The van der Waals surface area contributed by atoms with Crippen molar-refractivity contribution in [2.24, 2.45) is 0 Å². The monoisotopic (exact) mass is 235 g/mol. The maximum absolute atomic E-state index is 11.7. The molecule has 1 aromatic carbocycles. The second kappa shape index (κ2) is 6.40. The van der Waals surface area contributed by atoms with Crippen LogP contribution in [0.15, 0.2) is 18.2 Å². The molecule has 3 heteroatoms. The molecule has 0 heterocycles. The van der Waals surface area contributed by atoms with E-state index in [1.165, 1.54) is 0 Å². The maximum atomic E-state index is 11.7. The summed E-state index contributed by atoms with van der Waals surface area (Å²) in [6, 6.07) is 6.01. The van der Waals surface area contributed by atoms with Gasteiger partial charge in [0.05, 0.1) is 6.10 Å². The molecule has 0 bridgehead atoms. The number of aryl methyl sites for hydroxylation is 2. The normalized spacial score (nSPS) is 12.2. The van der Waals surface area contributed by atoms with E-state index in [0.29, 0.717) is 12.8 Å². The van der Waals surface area contributed by atoms with E-state index in [1.807, 2.05) is 25.1 Å². The van der Waals surface area contributed by atoms with Gasteiger partial charge in [0.25, 0.3) is 0 Å². The Labute approximate surface area is 103 Å². The molecule has 0 fully saturated rings. The Morgan fingerprint density at radius 3 is 2.76 bits per heavy atom. The number of amides is 1. The number of hydrogen-bond donors (Lipinski definition) is 2. The Hall–Kier alpha value is -1.35. The fraction of sp³-hybridized carbons (Fsp3) is 0.500. The zero-order valence-corrected chi connectivity index (χ0v) is 10.8. The summed E-state index contributed by atoms with van der Waals surface area (Å²) >= 11 is 0. The third-order valence-corrected chi connectivity index (χ3v) is 2.79. The molecule has 3 nitrogen and oxygen atoms in total. The number of para-hydroxylation sites is 1. The van der Waals surface area contributed by atoms with Gasteiger partial charge in [0, 0.05) is 12.1 Å². The van der Waals surface area contributed by atoms with Gasteiger partial charge in [-0.05, 0) is 37.8 Å². The number of nitrogens with one attached hydrogen (secondary N) is 1. The highest BCUT2D eigenvalue weighted by Crippen LogP contribution is 2.21. The minimum absolute atomic E-state index is 0.0325. The lowest BCUT2D eigenvalue weighted by molar-refractivity contribution is -0.116. The molecule has 0 aliphatic heterocycles. The first-order valence-corrected chi connectivity index (χ1v) is 6.11. The van der Waals surface area contributed by atoms with Crippen molar-refractivity contribution in [2.75, 3.05) is 5.32 Å². The molecule has 1 aromatic rings. The Kier molecular flexibility index (Phi) is 5.16. The first-order valence-electron chi connectivity index (χ1n) is 6.11. The highest BCUT2D eigenvalue weighted by molar-refractivity contribution is 5.92. The molecule has 0 aliphatic rings. The van der Waals surface area contributed by atoms with E-state index in [9.17, 15) is 4.79 Å². The van der Waals surface area contributed by atoms with Crippen LogP contribution in [-0.4, -0.2) is 17.1 Å². The molecular formula is C14H21NO2. The lowest BCUT2D eigenvalue weighted by Gasteiger charge is -2.13. The van der Waals surface area contributed by atoms with Gasteiger partial charge >= 0.3 is 0 Å². The molecule has 0 aliphatic carbocycles. The summed E-state index contributed by atoms with van der Waals surface area (Å²) < 4.78 is 0. The second-order valence-electron chi connectivity index (χ2n) is 4.40. The van der Waals surface area contributed by atoms with E-state index in [0.717, 1.165) is 23.2 Å². The van der Waals surface area contributed by atoms with Crippen LogP contribution in [-0.2, 0) is 11.2 Å².